The molecule has 0 radical (unpaired) electrons. The minimum absolute atomic E-state index is 0.0389. The molecule has 4 heterocycles. The summed E-state index contributed by atoms with van der Waals surface area (Å²) < 4.78 is 27.0. The highest BCUT2D eigenvalue weighted by molar-refractivity contribution is 6.33. The van der Waals surface area contributed by atoms with Gasteiger partial charge in [-0.15, -0.1) is 0 Å². The highest BCUT2D eigenvalue weighted by Gasteiger charge is 2.31. The summed E-state index contributed by atoms with van der Waals surface area (Å²) in [5, 5.41) is 3.22. The van der Waals surface area contributed by atoms with Crippen molar-refractivity contribution in [1.29, 1.82) is 0 Å². The van der Waals surface area contributed by atoms with E-state index in [1.165, 1.54) is 13.2 Å². The molecule has 236 valence electrons. The fraction of sp³-hybridized carbons (Fsp3) is 0.355. The standard InChI is InChI=1S/C31H34ClFN8O4/c1-19-15-20(37-28-29-36-17-24(41(29)8-7-35-28)23-5-6-25(44-2)27(33)26(23)32)3-4-22(19)30(42)38-9-11-39(12-10-38)31(43)40-13-14-45-21(16-34)18-40/h3-8,15,17,21H,9-14,16,18,34H2,1-2H3,(H,35,37)/t21-/m0/s1. The first kappa shape index (κ1) is 30.6. The summed E-state index contributed by atoms with van der Waals surface area (Å²) >= 11 is 6.33. The SMILES string of the molecule is COc1ccc(-c2cnc3c(Nc4ccc(C(=O)N5CCN(C(=O)N6CCO[C@@H](CN)C6)CC5)c(C)c4)nccn23)c(Cl)c1F. The van der Waals surface area contributed by atoms with Crippen molar-refractivity contribution >= 4 is 40.7 Å². The van der Waals surface area contributed by atoms with Crippen LogP contribution in [0.1, 0.15) is 15.9 Å². The number of carbonyl (C=O) groups excluding carboxylic acids is 2. The maximum atomic E-state index is 14.6. The monoisotopic (exact) mass is 636 g/mol. The Labute approximate surface area is 264 Å². The van der Waals surface area contributed by atoms with E-state index >= 15 is 0 Å². The zero-order valence-electron chi connectivity index (χ0n) is 25.0. The average molecular weight is 637 g/mol. The lowest BCUT2D eigenvalue weighted by atomic mass is 10.1. The third kappa shape index (κ3) is 5.98. The maximum absolute atomic E-state index is 14.6. The van der Waals surface area contributed by atoms with E-state index in [-0.39, 0.29) is 28.8 Å². The molecule has 2 saturated heterocycles. The van der Waals surface area contributed by atoms with Gasteiger partial charge in [0.25, 0.3) is 5.91 Å². The number of hydrogen-bond donors (Lipinski definition) is 2. The average Bonchev–Trinajstić information content (AvgIpc) is 3.50. The molecule has 3 N–H and O–H groups in total. The Bertz CT molecular complexity index is 1740. The van der Waals surface area contributed by atoms with Gasteiger partial charge in [0.05, 0.1) is 36.7 Å². The van der Waals surface area contributed by atoms with E-state index in [1.807, 2.05) is 19.1 Å². The number of anilines is 2. The van der Waals surface area contributed by atoms with Crippen molar-refractivity contribution in [3.8, 4) is 17.0 Å². The summed E-state index contributed by atoms with van der Waals surface area (Å²) in [5.74, 6) is -0.191. The molecule has 2 aliphatic heterocycles. The number of carbonyl (C=O) groups is 2. The first-order valence-electron chi connectivity index (χ1n) is 14.7. The molecule has 14 heteroatoms. The van der Waals surface area contributed by atoms with Crippen molar-refractivity contribution in [1.82, 2.24) is 29.1 Å². The van der Waals surface area contributed by atoms with E-state index < -0.39 is 5.82 Å². The van der Waals surface area contributed by atoms with Gasteiger partial charge in [-0.1, -0.05) is 11.6 Å². The third-order valence-corrected chi connectivity index (χ3v) is 8.57. The van der Waals surface area contributed by atoms with E-state index in [1.54, 1.807) is 49.8 Å². The Hall–Kier alpha value is -4.46. The molecule has 0 unspecified atom stereocenters. The van der Waals surface area contributed by atoms with Gasteiger partial charge in [0.1, 0.15) is 0 Å². The highest BCUT2D eigenvalue weighted by Crippen LogP contribution is 2.35. The van der Waals surface area contributed by atoms with Crippen LogP contribution in [0.25, 0.3) is 16.9 Å². The Kier molecular flexibility index (Phi) is 8.74. The highest BCUT2D eigenvalue weighted by atomic mass is 35.5. The van der Waals surface area contributed by atoms with Crippen LogP contribution in [0.5, 0.6) is 5.75 Å². The van der Waals surface area contributed by atoms with Gasteiger partial charge in [0, 0.05) is 75.0 Å². The van der Waals surface area contributed by atoms with Crippen molar-refractivity contribution in [2.24, 2.45) is 5.73 Å². The van der Waals surface area contributed by atoms with Crippen LogP contribution >= 0.6 is 11.6 Å². The molecular weight excluding hydrogens is 603 g/mol. The number of hydrogen-bond acceptors (Lipinski definition) is 8. The van der Waals surface area contributed by atoms with Crippen LogP contribution in [0.2, 0.25) is 5.02 Å². The smallest absolute Gasteiger partial charge is 0.320 e. The zero-order valence-corrected chi connectivity index (χ0v) is 25.8. The summed E-state index contributed by atoms with van der Waals surface area (Å²) in [7, 11) is 1.38. The number of benzene rings is 2. The van der Waals surface area contributed by atoms with Gasteiger partial charge in [-0.2, -0.15) is 0 Å². The molecule has 45 heavy (non-hydrogen) atoms. The number of ether oxygens (including phenoxy) is 2. The van der Waals surface area contributed by atoms with Crippen LogP contribution in [0, 0.1) is 12.7 Å². The van der Waals surface area contributed by atoms with Crippen molar-refractivity contribution in [2.75, 3.05) is 64.8 Å². The Morgan fingerprint density at radius 2 is 1.89 bits per heavy atom. The molecule has 0 spiro atoms. The summed E-state index contributed by atoms with van der Waals surface area (Å²) in [6, 6.07) is 8.64. The fourth-order valence-corrected chi connectivity index (χ4v) is 5.97. The van der Waals surface area contributed by atoms with E-state index in [0.717, 1.165) is 11.3 Å². The molecule has 2 fully saturated rings. The Balaban J connectivity index is 1.13. The Morgan fingerprint density at radius 3 is 2.62 bits per heavy atom. The number of morpholine rings is 1. The second kappa shape index (κ2) is 12.9. The second-order valence-corrected chi connectivity index (χ2v) is 11.3. The molecule has 4 aromatic rings. The van der Waals surface area contributed by atoms with Crippen molar-refractivity contribution in [2.45, 2.75) is 13.0 Å². The molecular formula is C31H34ClFN8O4. The number of aromatic nitrogens is 3. The fourth-order valence-electron chi connectivity index (χ4n) is 5.72. The molecule has 3 amide bonds. The number of aryl methyl sites for hydroxylation is 1. The number of amides is 3. The minimum atomic E-state index is -0.645. The number of rotatable bonds is 6. The Morgan fingerprint density at radius 1 is 1.11 bits per heavy atom. The number of piperazine rings is 1. The lowest BCUT2D eigenvalue weighted by Crippen LogP contribution is -2.57. The van der Waals surface area contributed by atoms with Crippen LogP contribution < -0.4 is 15.8 Å². The molecule has 0 saturated carbocycles. The molecule has 0 aliphatic carbocycles. The largest absolute Gasteiger partial charge is 0.494 e. The van der Waals surface area contributed by atoms with Gasteiger partial charge in [-0.25, -0.2) is 19.2 Å². The number of nitrogens with two attached hydrogens (primary N) is 1. The van der Waals surface area contributed by atoms with Gasteiger partial charge >= 0.3 is 6.03 Å². The van der Waals surface area contributed by atoms with Crippen LogP contribution in [0.15, 0.2) is 48.9 Å². The van der Waals surface area contributed by atoms with Gasteiger partial charge < -0.3 is 35.2 Å². The van der Waals surface area contributed by atoms with E-state index in [2.05, 4.69) is 15.3 Å². The number of fused-ring (bicyclic) bond motifs is 1. The van der Waals surface area contributed by atoms with Gasteiger partial charge in [0.15, 0.2) is 23.0 Å². The number of nitrogens with zero attached hydrogens (tertiary/aromatic N) is 6. The minimum Gasteiger partial charge on any atom is -0.494 e. The molecule has 2 aliphatic rings. The number of urea groups is 1. The summed E-state index contributed by atoms with van der Waals surface area (Å²) in [6.45, 7) is 5.58. The first-order valence-corrected chi connectivity index (χ1v) is 15.0. The molecule has 2 aromatic heterocycles. The quantitative estimate of drug-likeness (QED) is 0.327. The van der Waals surface area contributed by atoms with E-state index in [9.17, 15) is 14.0 Å². The van der Waals surface area contributed by atoms with E-state index in [0.29, 0.717) is 80.7 Å². The number of imidazole rings is 1. The normalized spacial score (nSPS) is 17.1. The summed E-state index contributed by atoms with van der Waals surface area (Å²) in [6.07, 6.45) is 4.79. The van der Waals surface area contributed by atoms with E-state index in [4.69, 9.17) is 26.8 Å². The van der Waals surface area contributed by atoms with Crippen molar-refractivity contribution in [3.05, 3.63) is 70.9 Å². The predicted octanol–water partition coefficient (Wildman–Crippen LogP) is 3.79. The molecule has 2 aromatic carbocycles. The van der Waals surface area contributed by atoms with Crippen LogP contribution in [0.4, 0.5) is 20.7 Å². The summed E-state index contributed by atoms with van der Waals surface area (Å²) in [4.78, 5) is 40.8. The number of halogens is 2. The topological polar surface area (TPSA) is 131 Å². The van der Waals surface area contributed by atoms with Gasteiger partial charge in [-0.3, -0.25) is 9.20 Å². The molecule has 0 bridgehead atoms. The van der Waals surface area contributed by atoms with Crippen molar-refractivity contribution in [3.63, 3.8) is 0 Å². The van der Waals surface area contributed by atoms with Crippen LogP contribution in [-0.2, 0) is 4.74 Å². The zero-order chi connectivity index (χ0) is 31.7. The second-order valence-electron chi connectivity index (χ2n) is 10.9. The first-order chi connectivity index (χ1) is 21.8. The summed E-state index contributed by atoms with van der Waals surface area (Å²) in [5.41, 5.74) is 9.39. The predicted molar refractivity (Wildman–Crippen MR) is 168 cm³/mol. The lowest BCUT2D eigenvalue weighted by Gasteiger charge is -2.40. The molecule has 1 atom stereocenters. The molecule has 12 nitrogen and oxygen atoms in total. The van der Waals surface area contributed by atoms with Gasteiger partial charge in [-0.05, 0) is 42.8 Å². The lowest BCUT2D eigenvalue weighted by molar-refractivity contribution is -0.0157. The third-order valence-electron chi connectivity index (χ3n) is 8.20. The van der Waals surface area contributed by atoms with Crippen molar-refractivity contribution < 1.29 is 23.5 Å². The van der Waals surface area contributed by atoms with Crippen LogP contribution in [0.3, 0.4) is 0 Å². The van der Waals surface area contributed by atoms with Gasteiger partial charge in [0.2, 0.25) is 0 Å². The number of methoxy groups -OCH3 is 1. The maximum Gasteiger partial charge on any atom is 0.320 e. The van der Waals surface area contributed by atoms with Crippen LogP contribution in [-0.4, -0.2) is 107 Å². The molecule has 6 rings (SSSR count). The number of nitrogens with one attached hydrogen (secondary N) is 1.